The number of rotatable bonds is 7. The van der Waals surface area contributed by atoms with Gasteiger partial charge in [0.15, 0.2) is 0 Å². The molecule has 116 valence electrons. The Kier molecular flexibility index (Phi) is 5.79. The summed E-state index contributed by atoms with van der Waals surface area (Å²) in [5.41, 5.74) is -0.233. The van der Waals surface area contributed by atoms with Gasteiger partial charge in [0.1, 0.15) is 0 Å². The largest absolute Gasteiger partial charge is 0.481 e. The van der Waals surface area contributed by atoms with Crippen LogP contribution in [0.1, 0.15) is 49.8 Å². The Balaban J connectivity index is 1.80. The van der Waals surface area contributed by atoms with E-state index in [4.69, 9.17) is 5.11 Å². The Hall–Kier alpha value is -1.36. The minimum absolute atomic E-state index is 0.0266. The molecule has 5 heteroatoms. The molecule has 4 nitrogen and oxygen atoms in total. The number of carbonyl (C=O) groups is 2. The van der Waals surface area contributed by atoms with E-state index in [1.165, 1.54) is 11.3 Å². The number of hydrogen-bond donors (Lipinski definition) is 2. The van der Waals surface area contributed by atoms with Gasteiger partial charge in [0.2, 0.25) is 5.91 Å². The highest BCUT2D eigenvalue weighted by Crippen LogP contribution is 2.38. The molecule has 0 radical (unpaired) electrons. The lowest BCUT2D eigenvalue weighted by molar-refractivity contribution is -0.140. The minimum atomic E-state index is -0.760. The summed E-state index contributed by atoms with van der Waals surface area (Å²) in [6.07, 6.45) is 6.52. The van der Waals surface area contributed by atoms with Gasteiger partial charge in [-0.1, -0.05) is 25.3 Å². The maximum Gasteiger partial charge on any atom is 0.303 e. The molecule has 2 N–H and O–H groups in total. The van der Waals surface area contributed by atoms with Gasteiger partial charge in [-0.15, -0.1) is 11.3 Å². The predicted molar refractivity (Wildman–Crippen MR) is 83.4 cm³/mol. The van der Waals surface area contributed by atoms with Gasteiger partial charge < -0.3 is 10.4 Å². The van der Waals surface area contributed by atoms with Crippen molar-refractivity contribution in [3.63, 3.8) is 0 Å². The molecule has 0 saturated heterocycles. The third-order valence-electron chi connectivity index (χ3n) is 4.28. The van der Waals surface area contributed by atoms with Gasteiger partial charge in [0.25, 0.3) is 0 Å². The first-order valence-corrected chi connectivity index (χ1v) is 8.49. The molecule has 1 aliphatic carbocycles. The second-order valence-electron chi connectivity index (χ2n) is 5.99. The summed E-state index contributed by atoms with van der Waals surface area (Å²) < 4.78 is 0. The molecule has 1 aromatic heterocycles. The van der Waals surface area contributed by atoms with Crippen molar-refractivity contribution in [3.8, 4) is 0 Å². The van der Waals surface area contributed by atoms with Crippen molar-refractivity contribution in [2.75, 3.05) is 6.54 Å². The van der Waals surface area contributed by atoms with Crippen LogP contribution in [0.2, 0.25) is 0 Å². The zero-order valence-corrected chi connectivity index (χ0v) is 13.1. The van der Waals surface area contributed by atoms with E-state index in [1.807, 2.05) is 17.5 Å². The molecule has 1 heterocycles. The first-order valence-electron chi connectivity index (χ1n) is 7.61. The first kappa shape index (κ1) is 16.0. The summed E-state index contributed by atoms with van der Waals surface area (Å²) >= 11 is 1.66. The average Bonchev–Trinajstić information content (AvgIpc) is 2.96. The summed E-state index contributed by atoms with van der Waals surface area (Å²) in [7, 11) is 0. The highest BCUT2D eigenvalue weighted by Gasteiger charge is 2.34. The van der Waals surface area contributed by atoms with Gasteiger partial charge in [-0.3, -0.25) is 9.59 Å². The normalized spacial score (nSPS) is 17.3. The number of carbonyl (C=O) groups excluding carboxylic acids is 1. The summed E-state index contributed by atoms with van der Waals surface area (Å²) in [4.78, 5) is 24.3. The van der Waals surface area contributed by atoms with Crippen LogP contribution in [-0.4, -0.2) is 23.5 Å². The van der Waals surface area contributed by atoms with Crippen LogP contribution in [-0.2, 0) is 16.0 Å². The highest BCUT2D eigenvalue weighted by atomic mass is 32.1. The molecule has 0 atom stereocenters. The average molecular weight is 309 g/mol. The second kappa shape index (κ2) is 7.59. The molecule has 1 aliphatic rings. The molecule has 0 unspecified atom stereocenters. The maximum absolute atomic E-state index is 12.0. The Morgan fingerprint density at radius 3 is 2.67 bits per heavy atom. The predicted octanol–water partition coefficient (Wildman–Crippen LogP) is 3.22. The Labute approximate surface area is 129 Å². The van der Waals surface area contributed by atoms with Gasteiger partial charge in [-0.2, -0.15) is 0 Å². The van der Waals surface area contributed by atoms with Crippen molar-refractivity contribution >= 4 is 23.2 Å². The van der Waals surface area contributed by atoms with E-state index < -0.39 is 5.97 Å². The zero-order chi connectivity index (χ0) is 15.1. The molecule has 0 aromatic carbocycles. The SMILES string of the molecule is O=C(O)CC1(CNC(=O)CCc2cccs2)CCCCC1. The van der Waals surface area contributed by atoms with Gasteiger partial charge >= 0.3 is 5.97 Å². The van der Waals surface area contributed by atoms with Crippen LogP contribution in [0.15, 0.2) is 17.5 Å². The smallest absolute Gasteiger partial charge is 0.303 e. The van der Waals surface area contributed by atoms with Crippen molar-refractivity contribution in [1.82, 2.24) is 5.32 Å². The van der Waals surface area contributed by atoms with E-state index >= 15 is 0 Å². The van der Waals surface area contributed by atoms with E-state index in [0.29, 0.717) is 13.0 Å². The van der Waals surface area contributed by atoms with E-state index in [1.54, 1.807) is 11.3 Å². The molecule has 0 aliphatic heterocycles. The number of amides is 1. The van der Waals surface area contributed by atoms with Gasteiger partial charge in [0.05, 0.1) is 6.42 Å². The molecular weight excluding hydrogens is 286 g/mol. The molecule has 1 fully saturated rings. The van der Waals surface area contributed by atoms with Crippen molar-refractivity contribution < 1.29 is 14.7 Å². The lowest BCUT2D eigenvalue weighted by atomic mass is 9.71. The molecular formula is C16H23NO3S. The molecule has 0 bridgehead atoms. The lowest BCUT2D eigenvalue weighted by Crippen LogP contribution is -2.40. The number of hydrogen-bond acceptors (Lipinski definition) is 3. The topological polar surface area (TPSA) is 66.4 Å². The van der Waals surface area contributed by atoms with Crippen molar-refractivity contribution in [3.05, 3.63) is 22.4 Å². The monoisotopic (exact) mass is 309 g/mol. The summed E-state index contributed by atoms with van der Waals surface area (Å²) in [5.74, 6) is -0.733. The Bertz CT molecular complexity index is 464. The maximum atomic E-state index is 12.0. The van der Waals surface area contributed by atoms with Crippen LogP contribution >= 0.6 is 11.3 Å². The fourth-order valence-corrected chi connectivity index (χ4v) is 3.81. The molecule has 0 spiro atoms. The number of thiophene rings is 1. The highest BCUT2D eigenvalue weighted by molar-refractivity contribution is 7.09. The van der Waals surface area contributed by atoms with Crippen molar-refractivity contribution in [2.45, 2.75) is 51.4 Å². The van der Waals surface area contributed by atoms with E-state index in [2.05, 4.69) is 5.32 Å². The molecule has 1 saturated carbocycles. The van der Waals surface area contributed by atoms with Crippen LogP contribution in [0.5, 0.6) is 0 Å². The fourth-order valence-electron chi connectivity index (χ4n) is 3.10. The lowest BCUT2D eigenvalue weighted by Gasteiger charge is -2.36. The third kappa shape index (κ3) is 5.16. The van der Waals surface area contributed by atoms with Crippen LogP contribution in [0.3, 0.4) is 0 Å². The van der Waals surface area contributed by atoms with Crippen molar-refractivity contribution in [2.24, 2.45) is 5.41 Å². The van der Waals surface area contributed by atoms with Crippen LogP contribution in [0.4, 0.5) is 0 Å². The van der Waals surface area contributed by atoms with Crippen molar-refractivity contribution in [1.29, 1.82) is 0 Å². The van der Waals surface area contributed by atoms with Gasteiger partial charge in [-0.05, 0) is 36.1 Å². The third-order valence-corrected chi connectivity index (χ3v) is 5.22. The van der Waals surface area contributed by atoms with E-state index in [-0.39, 0.29) is 17.7 Å². The summed E-state index contributed by atoms with van der Waals surface area (Å²) in [6.45, 7) is 0.503. The number of carboxylic acids is 1. The standard InChI is InChI=1S/C16H23NO3S/c18-14(7-6-13-5-4-10-21-13)17-12-16(11-15(19)20)8-2-1-3-9-16/h4-5,10H,1-3,6-9,11-12H2,(H,17,18)(H,19,20). The molecule has 2 rings (SSSR count). The van der Waals surface area contributed by atoms with Crippen LogP contribution < -0.4 is 5.32 Å². The van der Waals surface area contributed by atoms with Gasteiger partial charge in [-0.25, -0.2) is 0 Å². The minimum Gasteiger partial charge on any atom is -0.481 e. The quantitative estimate of drug-likeness (QED) is 0.812. The van der Waals surface area contributed by atoms with E-state index in [9.17, 15) is 9.59 Å². The van der Waals surface area contributed by atoms with Crippen LogP contribution in [0.25, 0.3) is 0 Å². The Morgan fingerprint density at radius 1 is 1.29 bits per heavy atom. The van der Waals surface area contributed by atoms with E-state index in [0.717, 1.165) is 32.1 Å². The first-order chi connectivity index (χ1) is 10.1. The molecule has 21 heavy (non-hydrogen) atoms. The van der Waals surface area contributed by atoms with Gasteiger partial charge in [0, 0.05) is 17.8 Å². The van der Waals surface area contributed by atoms with Crippen LogP contribution in [0, 0.1) is 5.41 Å². The summed E-state index contributed by atoms with van der Waals surface area (Å²) in [5, 5.41) is 14.1. The number of carboxylic acid groups (broad SMARTS) is 1. The number of aryl methyl sites for hydroxylation is 1. The molecule has 1 aromatic rings. The fraction of sp³-hybridized carbons (Fsp3) is 0.625. The second-order valence-corrected chi connectivity index (χ2v) is 7.02. The Morgan fingerprint density at radius 2 is 2.05 bits per heavy atom. The number of aliphatic carboxylic acids is 1. The number of nitrogens with one attached hydrogen (secondary N) is 1. The summed E-state index contributed by atoms with van der Waals surface area (Å²) in [6, 6.07) is 4.02. The zero-order valence-electron chi connectivity index (χ0n) is 12.3. The molecule has 1 amide bonds.